The predicted molar refractivity (Wildman–Crippen MR) is 141 cm³/mol. The first-order valence-corrected chi connectivity index (χ1v) is 12.4. The van der Waals surface area contributed by atoms with E-state index in [1.165, 1.54) is 5.56 Å². The number of piperazine rings is 1. The van der Waals surface area contributed by atoms with Crippen molar-refractivity contribution in [3.8, 4) is 11.5 Å². The minimum atomic E-state index is -0.294. The number of aryl methyl sites for hydroxylation is 1. The smallest absolute Gasteiger partial charge is 0.290 e. The average Bonchev–Trinajstić information content (AvgIpc) is 3.38. The van der Waals surface area contributed by atoms with E-state index >= 15 is 0 Å². The zero-order valence-corrected chi connectivity index (χ0v) is 21.1. The molecule has 1 aliphatic heterocycles. The molecule has 0 saturated carbocycles. The molecule has 1 aliphatic rings. The van der Waals surface area contributed by atoms with Crippen molar-refractivity contribution in [3.63, 3.8) is 0 Å². The van der Waals surface area contributed by atoms with E-state index in [2.05, 4.69) is 12.1 Å². The number of furan rings is 1. The van der Waals surface area contributed by atoms with Gasteiger partial charge in [0.15, 0.2) is 17.1 Å². The van der Waals surface area contributed by atoms with Gasteiger partial charge >= 0.3 is 0 Å². The number of fused-ring (bicyclic) bond motifs is 1. The first-order chi connectivity index (χ1) is 18.1. The third kappa shape index (κ3) is 5.31. The van der Waals surface area contributed by atoms with E-state index in [0.717, 1.165) is 29.5 Å². The summed E-state index contributed by atoms with van der Waals surface area (Å²) in [6, 6.07) is 25.0. The zero-order valence-electron chi connectivity index (χ0n) is 21.1. The molecule has 1 atom stereocenters. The van der Waals surface area contributed by atoms with Gasteiger partial charge in [0.25, 0.3) is 5.91 Å². The molecule has 0 aliphatic carbocycles. The van der Waals surface area contributed by atoms with Gasteiger partial charge in [-0.1, -0.05) is 54.6 Å². The molecule has 7 heteroatoms. The van der Waals surface area contributed by atoms with Crippen LogP contribution in [-0.4, -0.2) is 55.0 Å². The van der Waals surface area contributed by atoms with Gasteiger partial charge in [0.05, 0.1) is 20.3 Å². The fourth-order valence-electron chi connectivity index (χ4n) is 4.90. The van der Waals surface area contributed by atoms with E-state index in [4.69, 9.17) is 13.9 Å². The monoisotopic (exact) mass is 498 g/mol. The van der Waals surface area contributed by atoms with Gasteiger partial charge in [0, 0.05) is 18.5 Å². The Morgan fingerprint density at radius 1 is 0.946 bits per heavy atom. The van der Waals surface area contributed by atoms with Crippen molar-refractivity contribution in [2.45, 2.75) is 25.4 Å². The van der Waals surface area contributed by atoms with Gasteiger partial charge in [0.1, 0.15) is 12.3 Å². The molecule has 0 N–H and O–H groups in total. The van der Waals surface area contributed by atoms with E-state index in [0.29, 0.717) is 24.4 Å². The minimum Gasteiger partial charge on any atom is -0.497 e. The van der Waals surface area contributed by atoms with Crippen molar-refractivity contribution < 1.29 is 23.5 Å². The number of nitrogens with zero attached hydrogens (tertiary/aromatic N) is 2. The number of carbonyl (C=O) groups is 2. The molecule has 2 heterocycles. The Labute approximate surface area is 216 Å². The number of hydrogen-bond acceptors (Lipinski definition) is 5. The zero-order chi connectivity index (χ0) is 25.8. The van der Waals surface area contributed by atoms with Crippen LogP contribution in [-0.2, 0) is 17.8 Å². The molecule has 37 heavy (non-hydrogen) atoms. The fraction of sp³-hybridized carbons (Fsp3) is 0.267. The maximum Gasteiger partial charge on any atom is 0.290 e. The molecule has 0 bridgehead atoms. The maximum atomic E-state index is 13.5. The van der Waals surface area contributed by atoms with E-state index in [1.807, 2.05) is 59.5 Å². The van der Waals surface area contributed by atoms with Crippen molar-refractivity contribution in [2.24, 2.45) is 0 Å². The molecule has 7 nitrogen and oxygen atoms in total. The first-order valence-electron chi connectivity index (χ1n) is 12.4. The number of benzene rings is 3. The van der Waals surface area contributed by atoms with E-state index in [9.17, 15) is 9.59 Å². The molecule has 1 fully saturated rings. The molecule has 1 saturated heterocycles. The number of amides is 2. The summed E-state index contributed by atoms with van der Waals surface area (Å²) < 4.78 is 16.6. The molecule has 0 spiro atoms. The lowest BCUT2D eigenvalue weighted by Crippen LogP contribution is -2.57. The number of para-hydroxylation sites is 1. The highest BCUT2D eigenvalue weighted by atomic mass is 16.5. The Balaban J connectivity index is 1.39. The Morgan fingerprint density at radius 3 is 2.51 bits per heavy atom. The number of methoxy groups -OCH3 is 2. The van der Waals surface area contributed by atoms with Gasteiger partial charge in [-0.05, 0) is 48.2 Å². The van der Waals surface area contributed by atoms with Crippen LogP contribution < -0.4 is 9.47 Å². The maximum absolute atomic E-state index is 13.5. The standard InChI is InChI=1S/C30H30N2O5/c1-35-25-12-6-10-22(16-25)18-32-24(15-14-21-8-4-3-5-9-21)19-31(20-28(32)33)30(34)27-17-23-11-7-13-26(36-2)29(23)37-27/h3-13,16-17,24H,14-15,18-20H2,1-2H3/t24-/m0/s1. The highest BCUT2D eigenvalue weighted by Gasteiger charge is 2.36. The second-order valence-corrected chi connectivity index (χ2v) is 9.23. The summed E-state index contributed by atoms with van der Waals surface area (Å²) in [7, 11) is 3.20. The van der Waals surface area contributed by atoms with Gasteiger partial charge < -0.3 is 23.7 Å². The predicted octanol–water partition coefficient (Wildman–Crippen LogP) is 4.94. The van der Waals surface area contributed by atoms with Gasteiger partial charge in [-0.3, -0.25) is 9.59 Å². The largest absolute Gasteiger partial charge is 0.497 e. The summed E-state index contributed by atoms with van der Waals surface area (Å²) in [5.74, 6) is 1.14. The second kappa shape index (κ2) is 10.8. The Bertz CT molecular complexity index is 1400. The average molecular weight is 499 g/mol. The Morgan fingerprint density at radius 2 is 1.73 bits per heavy atom. The molecule has 3 aromatic carbocycles. The molecule has 2 amide bonds. The van der Waals surface area contributed by atoms with Crippen LogP contribution in [0, 0.1) is 0 Å². The molecule has 0 unspecified atom stereocenters. The number of hydrogen-bond donors (Lipinski definition) is 0. The minimum absolute atomic E-state index is 0.00117. The molecule has 4 aromatic rings. The first kappa shape index (κ1) is 24.4. The van der Waals surface area contributed by atoms with Gasteiger partial charge in [-0.2, -0.15) is 0 Å². The van der Waals surface area contributed by atoms with Gasteiger partial charge in [-0.25, -0.2) is 0 Å². The van der Waals surface area contributed by atoms with Gasteiger partial charge in [-0.15, -0.1) is 0 Å². The van der Waals surface area contributed by atoms with Crippen molar-refractivity contribution >= 4 is 22.8 Å². The molecular formula is C30H30N2O5. The summed E-state index contributed by atoms with van der Waals surface area (Å²) in [4.78, 5) is 30.4. The van der Waals surface area contributed by atoms with Crippen LogP contribution in [0.1, 0.15) is 28.1 Å². The van der Waals surface area contributed by atoms with Crippen molar-refractivity contribution in [3.05, 3.63) is 95.7 Å². The van der Waals surface area contributed by atoms with Crippen molar-refractivity contribution in [2.75, 3.05) is 27.3 Å². The summed E-state index contributed by atoms with van der Waals surface area (Å²) in [6.45, 7) is 0.883. The lowest BCUT2D eigenvalue weighted by molar-refractivity contribution is -0.139. The van der Waals surface area contributed by atoms with Crippen LogP contribution in [0.5, 0.6) is 11.5 Å². The Kier molecular flexibility index (Phi) is 7.12. The molecule has 0 radical (unpaired) electrons. The van der Waals surface area contributed by atoms with Crippen LogP contribution in [0.2, 0.25) is 0 Å². The molecule has 5 rings (SSSR count). The molecule has 1 aromatic heterocycles. The van der Waals surface area contributed by atoms with E-state index in [-0.39, 0.29) is 30.2 Å². The third-order valence-corrected chi connectivity index (χ3v) is 6.84. The summed E-state index contributed by atoms with van der Waals surface area (Å²) >= 11 is 0. The van der Waals surface area contributed by atoms with E-state index in [1.54, 1.807) is 31.3 Å². The van der Waals surface area contributed by atoms with Crippen molar-refractivity contribution in [1.82, 2.24) is 9.80 Å². The highest BCUT2D eigenvalue weighted by Crippen LogP contribution is 2.30. The van der Waals surface area contributed by atoms with Crippen LogP contribution in [0.25, 0.3) is 11.0 Å². The molecule has 190 valence electrons. The fourth-order valence-corrected chi connectivity index (χ4v) is 4.90. The SMILES string of the molecule is COc1cccc(CN2C(=O)CN(C(=O)c3cc4cccc(OC)c4o3)C[C@@H]2CCc2ccccc2)c1. The van der Waals surface area contributed by atoms with E-state index < -0.39 is 0 Å². The summed E-state index contributed by atoms with van der Waals surface area (Å²) in [5.41, 5.74) is 2.71. The number of carbonyl (C=O) groups excluding carboxylic acids is 2. The second-order valence-electron chi connectivity index (χ2n) is 9.23. The summed E-state index contributed by atoms with van der Waals surface area (Å²) in [5, 5.41) is 0.784. The quantitative estimate of drug-likeness (QED) is 0.344. The summed E-state index contributed by atoms with van der Waals surface area (Å²) in [6.07, 6.45) is 1.54. The third-order valence-electron chi connectivity index (χ3n) is 6.84. The van der Waals surface area contributed by atoms with Crippen LogP contribution in [0.3, 0.4) is 0 Å². The van der Waals surface area contributed by atoms with Crippen LogP contribution in [0.4, 0.5) is 0 Å². The van der Waals surface area contributed by atoms with Crippen LogP contribution in [0.15, 0.2) is 83.3 Å². The van der Waals surface area contributed by atoms with Crippen LogP contribution >= 0.6 is 0 Å². The lowest BCUT2D eigenvalue weighted by Gasteiger charge is -2.41. The topological polar surface area (TPSA) is 72.2 Å². The van der Waals surface area contributed by atoms with Crippen molar-refractivity contribution in [1.29, 1.82) is 0 Å². The highest BCUT2D eigenvalue weighted by molar-refractivity contribution is 5.99. The normalized spacial score (nSPS) is 15.7. The number of rotatable bonds is 8. The van der Waals surface area contributed by atoms with Gasteiger partial charge in [0.2, 0.25) is 5.91 Å². The Hall–Kier alpha value is -4.26. The molecular weight excluding hydrogens is 468 g/mol. The number of ether oxygens (including phenoxy) is 2. The lowest BCUT2D eigenvalue weighted by atomic mass is 10.0.